The van der Waals surface area contributed by atoms with E-state index in [2.05, 4.69) is 15.2 Å². The number of aromatic nitrogens is 2. The van der Waals surface area contributed by atoms with Gasteiger partial charge in [-0.25, -0.2) is 4.98 Å². The van der Waals surface area contributed by atoms with Crippen LogP contribution in [0.4, 0.5) is 11.5 Å². The Morgan fingerprint density at radius 1 is 1.19 bits per heavy atom. The van der Waals surface area contributed by atoms with E-state index in [0.717, 1.165) is 37.4 Å². The Morgan fingerprint density at radius 2 is 1.96 bits per heavy atom. The Bertz CT molecular complexity index is 862. The third kappa shape index (κ3) is 3.49. The smallest absolute Gasteiger partial charge is 0.261 e. The highest BCUT2D eigenvalue weighted by molar-refractivity contribution is 6.03. The highest BCUT2D eigenvalue weighted by Gasteiger charge is 2.25. The van der Waals surface area contributed by atoms with Gasteiger partial charge in [0.25, 0.3) is 5.91 Å². The molecule has 0 atom stereocenters. The molecule has 1 aliphatic carbocycles. The first-order valence-electron chi connectivity index (χ1n) is 9.37. The van der Waals surface area contributed by atoms with E-state index in [1.54, 1.807) is 18.5 Å². The van der Waals surface area contributed by atoms with Crippen molar-refractivity contribution in [3.63, 3.8) is 0 Å². The Labute approximate surface area is 152 Å². The average molecular weight is 352 g/mol. The Kier molecular flexibility index (Phi) is 4.49. The third-order valence-corrected chi connectivity index (χ3v) is 5.15. The van der Waals surface area contributed by atoms with Crippen molar-refractivity contribution in [1.29, 1.82) is 0 Å². The Hall–Kier alpha value is -2.63. The van der Waals surface area contributed by atoms with Crippen LogP contribution in [-0.2, 0) is 0 Å². The zero-order valence-electron chi connectivity index (χ0n) is 15.1. The van der Waals surface area contributed by atoms with Crippen molar-refractivity contribution in [2.45, 2.75) is 45.1 Å². The van der Waals surface area contributed by atoms with Gasteiger partial charge in [0.05, 0.1) is 11.9 Å². The summed E-state index contributed by atoms with van der Waals surface area (Å²) < 4.78 is 2.04. The summed E-state index contributed by atoms with van der Waals surface area (Å²) in [5, 5.41) is 2.80. The maximum atomic E-state index is 12.6. The number of hydrogen-bond donors (Lipinski definition) is 1. The predicted octanol–water partition coefficient (Wildman–Crippen LogP) is 3.13. The molecule has 0 radical (unpaired) electrons. The Balaban J connectivity index is 1.49. The molecule has 2 aliphatic rings. The summed E-state index contributed by atoms with van der Waals surface area (Å²) in [7, 11) is 0. The van der Waals surface area contributed by atoms with Gasteiger partial charge in [-0.15, -0.1) is 0 Å². The minimum atomic E-state index is -0.378. The Morgan fingerprint density at radius 3 is 2.62 bits per heavy atom. The van der Waals surface area contributed by atoms with Crippen molar-refractivity contribution < 1.29 is 4.79 Å². The number of amides is 1. The molecule has 1 saturated heterocycles. The predicted molar refractivity (Wildman–Crippen MR) is 102 cm³/mol. The number of rotatable bonds is 4. The van der Waals surface area contributed by atoms with Gasteiger partial charge in [-0.1, -0.05) is 0 Å². The minimum Gasteiger partial charge on any atom is -0.357 e. The maximum absolute atomic E-state index is 12.6. The van der Waals surface area contributed by atoms with Crippen molar-refractivity contribution >= 4 is 17.4 Å². The first-order chi connectivity index (χ1) is 12.6. The lowest BCUT2D eigenvalue weighted by atomic mass is 10.1. The van der Waals surface area contributed by atoms with Crippen LogP contribution in [0.1, 0.15) is 54.2 Å². The van der Waals surface area contributed by atoms with E-state index >= 15 is 0 Å². The van der Waals surface area contributed by atoms with Gasteiger partial charge >= 0.3 is 0 Å². The van der Waals surface area contributed by atoms with Gasteiger partial charge in [0, 0.05) is 37.1 Å². The number of nitrogens with one attached hydrogen (secondary N) is 1. The van der Waals surface area contributed by atoms with Crippen molar-refractivity contribution in [1.82, 2.24) is 9.55 Å². The van der Waals surface area contributed by atoms with Crippen LogP contribution in [0.15, 0.2) is 35.4 Å². The zero-order valence-corrected chi connectivity index (χ0v) is 15.1. The lowest BCUT2D eigenvalue weighted by Crippen LogP contribution is -2.30. The van der Waals surface area contributed by atoms with Gasteiger partial charge in [-0.3, -0.25) is 9.59 Å². The average Bonchev–Trinajstić information content (AvgIpc) is 3.48. The number of anilines is 2. The summed E-state index contributed by atoms with van der Waals surface area (Å²) in [6.45, 7) is 3.97. The van der Waals surface area contributed by atoms with E-state index in [1.807, 2.05) is 23.6 Å². The summed E-state index contributed by atoms with van der Waals surface area (Å²) in [5.41, 5.74) is 1.45. The summed E-state index contributed by atoms with van der Waals surface area (Å²) in [5.74, 6) is 0.561. The summed E-state index contributed by atoms with van der Waals surface area (Å²) >= 11 is 0. The molecule has 2 fully saturated rings. The maximum Gasteiger partial charge on any atom is 0.261 e. The molecule has 4 rings (SSSR count). The van der Waals surface area contributed by atoms with Crippen LogP contribution in [0.5, 0.6) is 0 Å². The lowest BCUT2D eigenvalue weighted by Gasteiger charge is -2.27. The van der Waals surface area contributed by atoms with Crippen LogP contribution in [0.3, 0.4) is 0 Å². The number of pyridine rings is 2. The molecule has 0 bridgehead atoms. The molecular weight excluding hydrogens is 328 g/mol. The van der Waals surface area contributed by atoms with E-state index in [4.69, 9.17) is 0 Å². The number of nitrogens with zero attached hydrogens (tertiary/aromatic N) is 3. The molecule has 2 aromatic heterocycles. The molecule has 1 amide bonds. The normalized spacial score (nSPS) is 17.2. The van der Waals surface area contributed by atoms with Crippen LogP contribution >= 0.6 is 0 Å². The van der Waals surface area contributed by atoms with Crippen LogP contribution in [0, 0.1) is 6.92 Å². The number of hydrogen-bond acceptors (Lipinski definition) is 4. The van der Waals surface area contributed by atoms with Gasteiger partial charge in [-0.2, -0.15) is 0 Å². The van der Waals surface area contributed by atoms with E-state index in [9.17, 15) is 9.59 Å². The largest absolute Gasteiger partial charge is 0.357 e. The highest BCUT2D eigenvalue weighted by atomic mass is 16.2. The van der Waals surface area contributed by atoms with Crippen molar-refractivity contribution in [2.24, 2.45) is 0 Å². The summed E-state index contributed by atoms with van der Waals surface area (Å²) in [4.78, 5) is 31.5. The molecule has 6 nitrogen and oxygen atoms in total. The second-order valence-electron chi connectivity index (χ2n) is 7.24. The van der Waals surface area contributed by atoms with Crippen molar-refractivity contribution in [2.75, 3.05) is 23.3 Å². The quantitative estimate of drug-likeness (QED) is 0.918. The van der Waals surface area contributed by atoms with Crippen LogP contribution in [-0.4, -0.2) is 28.5 Å². The molecule has 0 aromatic carbocycles. The first kappa shape index (κ1) is 16.8. The fourth-order valence-electron chi connectivity index (χ4n) is 3.53. The van der Waals surface area contributed by atoms with E-state index in [-0.39, 0.29) is 16.9 Å². The third-order valence-electron chi connectivity index (χ3n) is 5.15. The monoisotopic (exact) mass is 352 g/mol. The molecular formula is C20H24N4O2. The van der Waals surface area contributed by atoms with Gasteiger partial charge in [0.2, 0.25) is 0 Å². The minimum absolute atomic E-state index is 0.183. The zero-order chi connectivity index (χ0) is 18.1. The molecule has 26 heavy (non-hydrogen) atoms. The number of aryl methyl sites for hydroxylation is 1. The molecule has 2 aromatic rings. The van der Waals surface area contributed by atoms with Gasteiger partial charge in [0.1, 0.15) is 11.4 Å². The topological polar surface area (TPSA) is 67.2 Å². The van der Waals surface area contributed by atoms with Gasteiger partial charge in [0.15, 0.2) is 5.43 Å². The summed E-state index contributed by atoms with van der Waals surface area (Å²) in [6.07, 6.45) is 9.23. The fraction of sp³-hybridized carbons (Fsp3) is 0.450. The standard InChI is InChI=1S/C20H24N4O2/c1-14-11-18(25)17(13-24(14)16-6-7-16)20(26)22-15-5-8-19(21-12-15)23-9-3-2-4-10-23/h5,8,11-13,16H,2-4,6-7,9-10H2,1H3,(H,22,26). The lowest BCUT2D eigenvalue weighted by molar-refractivity contribution is 0.102. The SMILES string of the molecule is Cc1cc(=O)c(C(=O)Nc2ccc(N3CCCCC3)nc2)cn1C1CC1. The van der Waals surface area contributed by atoms with E-state index < -0.39 is 0 Å². The van der Waals surface area contributed by atoms with Gasteiger partial charge < -0.3 is 14.8 Å². The molecule has 1 aliphatic heterocycles. The van der Waals surface area contributed by atoms with Crippen LogP contribution in [0.2, 0.25) is 0 Å². The first-order valence-corrected chi connectivity index (χ1v) is 9.37. The molecule has 136 valence electrons. The number of carbonyl (C=O) groups excluding carboxylic acids is 1. The number of piperidine rings is 1. The second-order valence-corrected chi connectivity index (χ2v) is 7.24. The van der Waals surface area contributed by atoms with Crippen molar-refractivity contribution in [3.05, 3.63) is 52.1 Å². The fourth-order valence-corrected chi connectivity index (χ4v) is 3.53. The summed E-state index contributed by atoms with van der Waals surface area (Å²) in [6, 6.07) is 5.75. The molecule has 1 N–H and O–H groups in total. The molecule has 0 spiro atoms. The highest BCUT2D eigenvalue weighted by Crippen LogP contribution is 2.35. The van der Waals surface area contributed by atoms with E-state index in [0.29, 0.717) is 11.7 Å². The van der Waals surface area contributed by atoms with E-state index in [1.165, 1.54) is 19.3 Å². The van der Waals surface area contributed by atoms with Crippen LogP contribution in [0.25, 0.3) is 0 Å². The molecule has 6 heteroatoms. The van der Waals surface area contributed by atoms with Gasteiger partial charge in [-0.05, 0) is 51.2 Å². The number of carbonyl (C=O) groups is 1. The second kappa shape index (κ2) is 6.94. The molecule has 1 saturated carbocycles. The molecule has 3 heterocycles. The molecule has 0 unspecified atom stereocenters. The van der Waals surface area contributed by atoms with Crippen molar-refractivity contribution in [3.8, 4) is 0 Å². The van der Waals surface area contributed by atoms with Crippen LogP contribution < -0.4 is 15.6 Å².